The average Bonchev–Trinajstić information content (AvgIpc) is 2.29. The molecule has 0 saturated heterocycles. The number of cyclic esters (lactones) is 1. The van der Waals surface area contributed by atoms with Gasteiger partial charge in [0.1, 0.15) is 6.29 Å². The Bertz CT molecular complexity index is 361. The molecule has 3 nitrogen and oxygen atoms in total. The summed E-state index contributed by atoms with van der Waals surface area (Å²) >= 11 is 0. The van der Waals surface area contributed by atoms with E-state index in [-0.39, 0.29) is 5.97 Å². The van der Waals surface area contributed by atoms with E-state index in [2.05, 4.69) is 0 Å². The first-order chi connectivity index (χ1) is 7.61. The fourth-order valence-electron chi connectivity index (χ4n) is 2.01. The Morgan fingerprint density at radius 1 is 1.50 bits per heavy atom. The second-order valence-corrected chi connectivity index (χ2v) is 3.94. The Morgan fingerprint density at radius 3 is 2.75 bits per heavy atom. The van der Waals surface area contributed by atoms with Crippen molar-refractivity contribution in [2.24, 2.45) is 0 Å². The molecular formula is C13H18O3. The van der Waals surface area contributed by atoms with Crippen LogP contribution in [-0.2, 0) is 14.3 Å². The van der Waals surface area contributed by atoms with Gasteiger partial charge in [-0.1, -0.05) is 12.5 Å². The molecule has 0 aromatic rings. The normalized spacial score (nSPS) is 18.1. The van der Waals surface area contributed by atoms with Crippen LogP contribution in [0.3, 0.4) is 0 Å². The summed E-state index contributed by atoms with van der Waals surface area (Å²) in [4.78, 5) is 22.0. The minimum Gasteiger partial charge on any atom is -0.462 e. The summed E-state index contributed by atoms with van der Waals surface area (Å²) in [6.45, 7) is 6.24. The van der Waals surface area contributed by atoms with Gasteiger partial charge in [0.25, 0.3) is 0 Å². The van der Waals surface area contributed by atoms with E-state index in [4.69, 9.17) is 4.74 Å². The van der Waals surface area contributed by atoms with Crippen LogP contribution in [0, 0.1) is 0 Å². The number of hydrogen-bond acceptors (Lipinski definition) is 3. The lowest BCUT2D eigenvalue weighted by atomic mass is 9.91. The van der Waals surface area contributed by atoms with Crippen LogP contribution in [0.25, 0.3) is 0 Å². The SMILES string of the molecule is CCC(CC=O)=C(C)C1=C(C)C(=O)OCC1. The van der Waals surface area contributed by atoms with Crippen molar-refractivity contribution in [2.75, 3.05) is 6.61 Å². The van der Waals surface area contributed by atoms with Crippen LogP contribution in [0.4, 0.5) is 0 Å². The number of allylic oxidation sites excluding steroid dienone is 2. The van der Waals surface area contributed by atoms with Gasteiger partial charge in [-0.25, -0.2) is 4.79 Å². The molecule has 16 heavy (non-hydrogen) atoms. The van der Waals surface area contributed by atoms with Gasteiger partial charge in [-0.15, -0.1) is 0 Å². The number of hydrogen-bond donors (Lipinski definition) is 0. The van der Waals surface area contributed by atoms with Crippen molar-refractivity contribution >= 4 is 12.3 Å². The van der Waals surface area contributed by atoms with E-state index in [1.54, 1.807) is 6.92 Å². The van der Waals surface area contributed by atoms with E-state index >= 15 is 0 Å². The molecule has 1 aliphatic rings. The van der Waals surface area contributed by atoms with Crippen molar-refractivity contribution in [2.45, 2.75) is 40.0 Å². The summed E-state index contributed by atoms with van der Waals surface area (Å²) in [5, 5.41) is 0. The van der Waals surface area contributed by atoms with E-state index < -0.39 is 0 Å². The summed E-state index contributed by atoms with van der Waals surface area (Å²) in [5.74, 6) is -0.234. The molecule has 0 fully saturated rings. The number of esters is 1. The van der Waals surface area contributed by atoms with Crippen molar-refractivity contribution in [1.29, 1.82) is 0 Å². The number of ether oxygens (including phenoxy) is 1. The second-order valence-electron chi connectivity index (χ2n) is 3.94. The predicted molar refractivity (Wildman–Crippen MR) is 61.9 cm³/mol. The van der Waals surface area contributed by atoms with Gasteiger partial charge in [0.15, 0.2) is 0 Å². The van der Waals surface area contributed by atoms with Gasteiger partial charge in [0, 0.05) is 18.4 Å². The minimum atomic E-state index is -0.234. The standard InChI is InChI=1S/C13H18O3/c1-4-11(5-7-14)9(2)12-6-8-16-13(15)10(12)3/h7H,4-6,8H2,1-3H3. The minimum absolute atomic E-state index is 0.234. The van der Waals surface area contributed by atoms with E-state index in [1.165, 1.54) is 0 Å². The number of rotatable bonds is 4. The highest BCUT2D eigenvalue weighted by Gasteiger charge is 2.20. The smallest absolute Gasteiger partial charge is 0.334 e. The lowest BCUT2D eigenvalue weighted by Gasteiger charge is -2.20. The summed E-state index contributed by atoms with van der Waals surface area (Å²) in [6, 6.07) is 0. The molecule has 1 rings (SSSR count). The van der Waals surface area contributed by atoms with Crippen molar-refractivity contribution in [1.82, 2.24) is 0 Å². The zero-order valence-electron chi connectivity index (χ0n) is 10.1. The van der Waals surface area contributed by atoms with Gasteiger partial charge in [-0.2, -0.15) is 0 Å². The molecule has 0 bridgehead atoms. The molecule has 0 aliphatic carbocycles. The first-order valence-corrected chi connectivity index (χ1v) is 5.61. The quantitative estimate of drug-likeness (QED) is 0.542. The molecule has 0 spiro atoms. The van der Waals surface area contributed by atoms with E-state index in [0.29, 0.717) is 18.6 Å². The van der Waals surface area contributed by atoms with Crippen molar-refractivity contribution in [3.8, 4) is 0 Å². The Kier molecular flexibility index (Phi) is 4.47. The third kappa shape index (κ3) is 2.60. The highest BCUT2D eigenvalue weighted by molar-refractivity contribution is 5.90. The molecule has 1 aliphatic heterocycles. The van der Waals surface area contributed by atoms with E-state index in [0.717, 1.165) is 35.8 Å². The summed E-state index contributed by atoms with van der Waals surface area (Å²) in [5.41, 5.74) is 3.93. The number of carbonyl (C=O) groups is 2. The lowest BCUT2D eigenvalue weighted by Crippen LogP contribution is -2.17. The molecule has 0 aromatic carbocycles. The highest BCUT2D eigenvalue weighted by Crippen LogP contribution is 2.27. The molecule has 0 radical (unpaired) electrons. The Hall–Kier alpha value is -1.38. The highest BCUT2D eigenvalue weighted by atomic mass is 16.5. The molecule has 0 N–H and O–H groups in total. The maximum atomic E-state index is 11.4. The third-order valence-corrected chi connectivity index (χ3v) is 3.08. The zero-order valence-corrected chi connectivity index (χ0v) is 10.1. The van der Waals surface area contributed by atoms with Gasteiger partial charge in [-0.05, 0) is 31.4 Å². The summed E-state index contributed by atoms with van der Waals surface area (Å²) in [7, 11) is 0. The van der Waals surface area contributed by atoms with Gasteiger partial charge in [0.05, 0.1) is 6.61 Å². The molecule has 0 saturated carbocycles. The molecule has 3 heteroatoms. The van der Waals surface area contributed by atoms with Gasteiger partial charge < -0.3 is 9.53 Å². The topological polar surface area (TPSA) is 43.4 Å². The van der Waals surface area contributed by atoms with Crippen molar-refractivity contribution in [3.05, 3.63) is 22.3 Å². The largest absolute Gasteiger partial charge is 0.462 e. The number of aldehydes is 1. The fraction of sp³-hybridized carbons (Fsp3) is 0.538. The van der Waals surface area contributed by atoms with Crippen molar-refractivity contribution in [3.63, 3.8) is 0 Å². The molecule has 0 atom stereocenters. The monoisotopic (exact) mass is 222 g/mol. The fourth-order valence-corrected chi connectivity index (χ4v) is 2.01. The third-order valence-electron chi connectivity index (χ3n) is 3.08. The van der Waals surface area contributed by atoms with Crippen LogP contribution in [0.2, 0.25) is 0 Å². The van der Waals surface area contributed by atoms with Crippen LogP contribution in [-0.4, -0.2) is 18.9 Å². The molecule has 0 amide bonds. The Balaban J connectivity index is 3.11. The maximum Gasteiger partial charge on any atom is 0.334 e. The average molecular weight is 222 g/mol. The Morgan fingerprint density at radius 2 is 2.19 bits per heavy atom. The first kappa shape index (κ1) is 12.7. The van der Waals surface area contributed by atoms with Gasteiger partial charge in [-0.3, -0.25) is 0 Å². The van der Waals surface area contributed by atoms with E-state index in [9.17, 15) is 9.59 Å². The first-order valence-electron chi connectivity index (χ1n) is 5.61. The summed E-state index contributed by atoms with van der Waals surface area (Å²) in [6.07, 6.45) is 2.97. The lowest BCUT2D eigenvalue weighted by molar-refractivity contribution is -0.139. The van der Waals surface area contributed by atoms with Crippen molar-refractivity contribution < 1.29 is 14.3 Å². The molecule has 1 heterocycles. The van der Waals surface area contributed by atoms with Gasteiger partial charge in [0.2, 0.25) is 0 Å². The molecular weight excluding hydrogens is 204 g/mol. The number of carbonyl (C=O) groups excluding carboxylic acids is 2. The van der Waals surface area contributed by atoms with Crippen LogP contribution < -0.4 is 0 Å². The van der Waals surface area contributed by atoms with Crippen LogP contribution in [0.1, 0.15) is 40.0 Å². The second kappa shape index (κ2) is 5.64. The van der Waals surface area contributed by atoms with Gasteiger partial charge >= 0.3 is 5.97 Å². The van der Waals surface area contributed by atoms with Crippen LogP contribution >= 0.6 is 0 Å². The van der Waals surface area contributed by atoms with Crippen LogP contribution in [0.5, 0.6) is 0 Å². The predicted octanol–water partition coefficient (Wildman–Crippen LogP) is 2.57. The van der Waals surface area contributed by atoms with E-state index in [1.807, 2.05) is 13.8 Å². The summed E-state index contributed by atoms with van der Waals surface area (Å²) < 4.78 is 4.95. The Labute approximate surface area is 96.2 Å². The molecule has 0 aromatic heterocycles. The molecule has 88 valence electrons. The molecule has 0 unspecified atom stereocenters. The zero-order chi connectivity index (χ0) is 12.1. The van der Waals surface area contributed by atoms with Crippen LogP contribution in [0.15, 0.2) is 22.3 Å². The maximum absolute atomic E-state index is 11.4.